The van der Waals surface area contributed by atoms with Crippen molar-refractivity contribution < 1.29 is 9.90 Å². The van der Waals surface area contributed by atoms with Gasteiger partial charge in [0, 0.05) is 6.54 Å². The van der Waals surface area contributed by atoms with Crippen LogP contribution in [0.4, 0.5) is 0 Å². The van der Waals surface area contributed by atoms with E-state index in [4.69, 9.17) is 0 Å². The van der Waals surface area contributed by atoms with E-state index in [-0.39, 0.29) is 11.8 Å². The minimum Gasteiger partial charge on any atom is -0.388 e. The number of benzene rings is 1. The van der Waals surface area contributed by atoms with E-state index in [9.17, 15) is 9.90 Å². The standard InChI is InChI=1S/C17H27NO2/c1-4-10-15(14-11-8-7-9-12-14)16(19)18-13-17(20,5-2)6-3/h7-9,11-12,15,20H,4-6,10,13H2,1-3H3,(H,18,19). The monoisotopic (exact) mass is 277 g/mol. The number of carbonyl (C=O) groups is 1. The molecule has 0 bridgehead atoms. The van der Waals surface area contributed by atoms with Gasteiger partial charge in [0.2, 0.25) is 5.91 Å². The third kappa shape index (κ3) is 4.64. The van der Waals surface area contributed by atoms with Gasteiger partial charge >= 0.3 is 0 Å². The van der Waals surface area contributed by atoms with Crippen molar-refractivity contribution in [1.29, 1.82) is 0 Å². The molecule has 20 heavy (non-hydrogen) atoms. The van der Waals surface area contributed by atoms with Gasteiger partial charge in [0.1, 0.15) is 0 Å². The molecule has 0 saturated carbocycles. The fourth-order valence-electron chi connectivity index (χ4n) is 2.30. The number of hydrogen-bond acceptors (Lipinski definition) is 2. The number of carbonyl (C=O) groups excluding carboxylic acids is 1. The first kappa shape index (κ1) is 16.7. The lowest BCUT2D eigenvalue weighted by molar-refractivity contribution is -0.124. The van der Waals surface area contributed by atoms with Crippen LogP contribution in [0.25, 0.3) is 0 Å². The molecule has 3 heteroatoms. The van der Waals surface area contributed by atoms with Crippen molar-refractivity contribution in [3.63, 3.8) is 0 Å². The maximum atomic E-state index is 12.4. The summed E-state index contributed by atoms with van der Waals surface area (Å²) in [5.41, 5.74) is 0.256. The Hall–Kier alpha value is -1.35. The first-order valence-electron chi connectivity index (χ1n) is 7.61. The van der Waals surface area contributed by atoms with Gasteiger partial charge in [-0.2, -0.15) is 0 Å². The van der Waals surface area contributed by atoms with E-state index in [1.54, 1.807) is 0 Å². The summed E-state index contributed by atoms with van der Waals surface area (Å²) in [4.78, 5) is 12.4. The summed E-state index contributed by atoms with van der Waals surface area (Å²) in [5.74, 6) is -0.113. The molecule has 0 radical (unpaired) electrons. The van der Waals surface area contributed by atoms with Crippen LogP contribution in [0, 0.1) is 0 Å². The molecule has 112 valence electrons. The van der Waals surface area contributed by atoms with Crippen molar-refractivity contribution in [1.82, 2.24) is 5.32 Å². The van der Waals surface area contributed by atoms with Crippen molar-refractivity contribution in [3.05, 3.63) is 35.9 Å². The maximum Gasteiger partial charge on any atom is 0.227 e. The summed E-state index contributed by atoms with van der Waals surface area (Å²) in [6.45, 7) is 6.29. The molecular formula is C17H27NO2. The molecule has 0 aliphatic carbocycles. The first-order valence-corrected chi connectivity index (χ1v) is 7.61. The largest absolute Gasteiger partial charge is 0.388 e. The van der Waals surface area contributed by atoms with Gasteiger partial charge in [0.25, 0.3) is 0 Å². The van der Waals surface area contributed by atoms with Crippen molar-refractivity contribution in [2.45, 2.75) is 58.0 Å². The van der Waals surface area contributed by atoms with Gasteiger partial charge in [-0.15, -0.1) is 0 Å². The summed E-state index contributed by atoms with van der Waals surface area (Å²) < 4.78 is 0. The van der Waals surface area contributed by atoms with Gasteiger partial charge in [-0.05, 0) is 24.8 Å². The molecule has 2 N–H and O–H groups in total. The summed E-state index contributed by atoms with van der Waals surface area (Å²) in [5, 5.41) is 13.2. The van der Waals surface area contributed by atoms with Crippen LogP contribution in [0.5, 0.6) is 0 Å². The molecule has 0 fully saturated rings. The second-order valence-electron chi connectivity index (χ2n) is 5.40. The zero-order valence-corrected chi connectivity index (χ0v) is 12.9. The van der Waals surface area contributed by atoms with Crippen LogP contribution in [0.15, 0.2) is 30.3 Å². The summed E-state index contributed by atoms with van der Waals surface area (Å²) in [6.07, 6.45) is 3.08. The van der Waals surface area contributed by atoms with Crippen LogP contribution in [-0.4, -0.2) is 23.2 Å². The third-order valence-electron chi connectivity index (χ3n) is 4.00. The molecule has 0 spiro atoms. The quantitative estimate of drug-likeness (QED) is 0.766. The highest BCUT2D eigenvalue weighted by Gasteiger charge is 2.25. The average molecular weight is 277 g/mol. The molecule has 0 aromatic heterocycles. The lowest BCUT2D eigenvalue weighted by atomic mass is 9.92. The van der Waals surface area contributed by atoms with Gasteiger partial charge in [0.05, 0.1) is 11.5 Å². The van der Waals surface area contributed by atoms with E-state index >= 15 is 0 Å². The number of nitrogens with one attached hydrogen (secondary N) is 1. The second kappa shape index (κ2) is 8.05. The Kier molecular flexibility index (Phi) is 6.73. The topological polar surface area (TPSA) is 49.3 Å². The van der Waals surface area contributed by atoms with E-state index in [0.717, 1.165) is 18.4 Å². The zero-order valence-electron chi connectivity index (χ0n) is 12.9. The summed E-state index contributed by atoms with van der Waals surface area (Å²) in [7, 11) is 0. The number of hydrogen-bond donors (Lipinski definition) is 2. The lowest BCUT2D eigenvalue weighted by Crippen LogP contribution is -2.43. The highest BCUT2D eigenvalue weighted by molar-refractivity contribution is 5.83. The Labute approximate surface area is 122 Å². The van der Waals surface area contributed by atoms with E-state index in [1.165, 1.54) is 0 Å². The Morgan fingerprint density at radius 1 is 1.20 bits per heavy atom. The van der Waals surface area contributed by atoms with Crippen LogP contribution in [0.3, 0.4) is 0 Å². The summed E-state index contributed by atoms with van der Waals surface area (Å²) >= 11 is 0. The van der Waals surface area contributed by atoms with Gasteiger partial charge in [-0.1, -0.05) is 57.5 Å². The average Bonchev–Trinajstić information content (AvgIpc) is 2.50. The Bertz CT molecular complexity index is 399. The normalized spacial score (nSPS) is 13.0. The van der Waals surface area contributed by atoms with Crippen LogP contribution in [-0.2, 0) is 4.79 Å². The highest BCUT2D eigenvalue weighted by Crippen LogP contribution is 2.22. The van der Waals surface area contributed by atoms with Crippen molar-refractivity contribution in [2.75, 3.05) is 6.54 Å². The zero-order chi connectivity index (χ0) is 15.0. The molecule has 1 amide bonds. The minimum absolute atomic E-state index is 0.0124. The second-order valence-corrected chi connectivity index (χ2v) is 5.40. The third-order valence-corrected chi connectivity index (χ3v) is 4.00. The van der Waals surface area contributed by atoms with Gasteiger partial charge in [-0.3, -0.25) is 4.79 Å². The molecule has 1 unspecified atom stereocenters. The molecular weight excluding hydrogens is 250 g/mol. The van der Waals surface area contributed by atoms with Crippen LogP contribution in [0.1, 0.15) is 57.9 Å². The predicted molar refractivity (Wildman–Crippen MR) is 82.6 cm³/mol. The highest BCUT2D eigenvalue weighted by atomic mass is 16.3. The molecule has 0 saturated heterocycles. The first-order chi connectivity index (χ1) is 9.56. The van der Waals surface area contributed by atoms with E-state index in [2.05, 4.69) is 12.2 Å². The smallest absolute Gasteiger partial charge is 0.227 e. The molecule has 1 aromatic rings. The molecule has 3 nitrogen and oxygen atoms in total. The maximum absolute atomic E-state index is 12.4. The predicted octanol–water partition coefficient (Wildman–Crippen LogP) is 3.24. The number of rotatable bonds is 8. The van der Waals surface area contributed by atoms with Crippen molar-refractivity contribution in [3.8, 4) is 0 Å². The van der Waals surface area contributed by atoms with E-state index < -0.39 is 5.60 Å². The van der Waals surface area contributed by atoms with Gasteiger partial charge < -0.3 is 10.4 Å². The molecule has 1 atom stereocenters. The van der Waals surface area contributed by atoms with Gasteiger partial charge in [-0.25, -0.2) is 0 Å². The Morgan fingerprint density at radius 2 is 1.80 bits per heavy atom. The molecule has 1 rings (SSSR count). The Morgan fingerprint density at radius 3 is 2.30 bits per heavy atom. The summed E-state index contributed by atoms with van der Waals surface area (Å²) in [6, 6.07) is 9.86. The van der Waals surface area contributed by atoms with E-state index in [0.29, 0.717) is 19.4 Å². The van der Waals surface area contributed by atoms with Crippen molar-refractivity contribution >= 4 is 5.91 Å². The fourth-order valence-corrected chi connectivity index (χ4v) is 2.30. The fraction of sp³-hybridized carbons (Fsp3) is 0.588. The number of amides is 1. The lowest BCUT2D eigenvalue weighted by Gasteiger charge is -2.27. The van der Waals surface area contributed by atoms with Gasteiger partial charge in [0.15, 0.2) is 0 Å². The SMILES string of the molecule is CCCC(C(=O)NCC(O)(CC)CC)c1ccccc1. The van der Waals surface area contributed by atoms with Crippen LogP contribution >= 0.6 is 0 Å². The molecule has 1 aromatic carbocycles. The molecule has 0 heterocycles. The number of aliphatic hydroxyl groups is 1. The molecule has 0 aliphatic rings. The molecule has 0 aliphatic heterocycles. The minimum atomic E-state index is -0.789. The van der Waals surface area contributed by atoms with Crippen LogP contribution < -0.4 is 5.32 Å². The van der Waals surface area contributed by atoms with E-state index in [1.807, 2.05) is 44.2 Å². The van der Waals surface area contributed by atoms with Crippen LogP contribution in [0.2, 0.25) is 0 Å². The van der Waals surface area contributed by atoms with Crippen molar-refractivity contribution in [2.24, 2.45) is 0 Å². The Balaban J connectivity index is 2.71.